The molecular formula is C17H21FN4O3. The monoisotopic (exact) mass is 348 g/mol. The van der Waals surface area contributed by atoms with Crippen LogP contribution in [0, 0.1) is 12.7 Å². The lowest BCUT2D eigenvalue weighted by Gasteiger charge is -2.34. The van der Waals surface area contributed by atoms with E-state index in [4.69, 9.17) is 9.26 Å². The van der Waals surface area contributed by atoms with E-state index in [-0.39, 0.29) is 17.6 Å². The van der Waals surface area contributed by atoms with Gasteiger partial charge in [-0.15, -0.1) is 0 Å². The predicted molar refractivity (Wildman–Crippen MR) is 90.1 cm³/mol. The molecular weight excluding hydrogens is 327 g/mol. The fourth-order valence-corrected chi connectivity index (χ4v) is 2.79. The van der Waals surface area contributed by atoms with Gasteiger partial charge in [-0.3, -0.25) is 10.2 Å². The molecule has 0 atom stereocenters. The van der Waals surface area contributed by atoms with Gasteiger partial charge in [0.25, 0.3) is 0 Å². The van der Waals surface area contributed by atoms with Gasteiger partial charge in [0.1, 0.15) is 5.76 Å². The highest BCUT2D eigenvalue weighted by atomic mass is 19.1. The zero-order valence-corrected chi connectivity index (χ0v) is 14.3. The molecule has 134 valence electrons. The van der Waals surface area contributed by atoms with E-state index < -0.39 is 0 Å². The number of carbonyl (C=O) groups is 1. The summed E-state index contributed by atoms with van der Waals surface area (Å²) in [4.78, 5) is 16.1. The minimum Gasteiger partial charge on any atom is -0.494 e. The van der Waals surface area contributed by atoms with Crippen LogP contribution in [-0.4, -0.2) is 54.3 Å². The molecule has 7 nitrogen and oxygen atoms in total. The van der Waals surface area contributed by atoms with Crippen LogP contribution < -0.4 is 10.1 Å². The van der Waals surface area contributed by atoms with E-state index in [2.05, 4.69) is 15.4 Å². The number of hydrogen-bond donors (Lipinski definition) is 1. The molecule has 25 heavy (non-hydrogen) atoms. The number of aryl methyl sites for hydroxylation is 1. The summed E-state index contributed by atoms with van der Waals surface area (Å²) in [5, 5.41) is 6.47. The number of nitrogens with zero attached hydrogens (tertiary/aromatic N) is 3. The molecule has 0 spiro atoms. The summed E-state index contributed by atoms with van der Waals surface area (Å²) < 4.78 is 23.6. The number of aromatic nitrogens is 1. The molecule has 0 bridgehead atoms. The highest BCUT2D eigenvalue weighted by molar-refractivity contribution is 5.88. The van der Waals surface area contributed by atoms with E-state index >= 15 is 0 Å². The molecule has 1 aliphatic rings. The molecule has 1 fully saturated rings. The van der Waals surface area contributed by atoms with Crippen molar-refractivity contribution in [3.63, 3.8) is 0 Å². The molecule has 3 rings (SSSR count). The summed E-state index contributed by atoms with van der Waals surface area (Å²) >= 11 is 0. The highest BCUT2D eigenvalue weighted by Gasteiger charge is 2.22. The van der Waals surface area contributed by atoms with Crippen molar-refractivity contribution in [1.82, 2.24) is 15.0 Å². The second-order valence-electron chi connectivity index (χ2n) is 5.99. The van der Waals surface area contributed by atoms with Gasteiger partial charge in [-0.2, -0.15) is 0 Å². The molecule has 1 N–H and O–H groups in total. The number of amides is 2. The lowest BCUT2D eigenvalue weighted by molar-refractivity contribution is 0.142. The van der Waals surface area contributed by atoms with Crippen LogP contribution >= 0.6 is 0 Å². The number of methoxy groups -OCH3 is 1. The first-order valence-electron chi connectivity index (χ1n) is 8.09. The number of hydrogen-bond acceptors (Lipinski definition) is 5. The molecule has 1 saturated heterocycles. The maximum absolute atomic E-state index is 13.8. The van der Waals surface area contributed by atoms with Crippen molar-refractivity contribution in [1.29, 1.82) is 0 Å². The first-order chi connectivity index (χ1) is 12.0. The SMILES string of the molecule is COc1ccc(CN2CCN(C(=O)Nc3cc(C)on3)CC2)cc1F. The van der Waals surface area contributed by atoms with Gasteiger partial charge in [-0.1, -0.05) is 11.2 Å². The van der Waals surface area contributed by atoms with E-state index in [9.17, 15) is 9.18 Å². The summed E-state index contributed by atoms with van der Waals surface area (Å²) in [5.41, 5.74) is 0.884. The Bertz CT molecular complexity index is 741. The van der Waals surface area contributed by atoms with Crippen molar-refractivity contribution in [2.24, 2.45) is 0 Å². The van der Waals surface area contributed by atoms with Crippen molar-refractivity contribution < 1.29 is 18.4 Å². The van der Waals surface area contributed by atoms with Crippen molar-refractivity contribution in [2.75, 3.05) is 38.6 Å². The second kappa shape index (κ2) is 7.52. The Labute approximate surface area is 145 Å². The molecule has 0 aliphatic carbocycles. The minimum absolute atomic E-state index is 0.191. The molecule has 2 amide bonds. The molecule has 1 aliphatic heterocycles. The standard InChI is InChI=1S/C17H21FN4O3/c1-12-9-16(20-25-12)19-17(23)22-7-5-21(6-8-22)11-13-3-4-15(24-2)14(18)10-13/h3-4,9-10H,5-8,11H2,1-2H3,(H,19,20,23). The maximum atomic E-state index is 13.8. The summed E-state index contributed by atoms with van der Waals surface area (Å²) in [6, 6.07) is 6.46. The van der Waals surface area contributed by atoms with Crippen LogP contribution in [0.5, 0.6) is 5.75 Å². The number of nitrogens with one attached hydrogen (secondary N) is 1. The average Bonchev–Trinajstić information content (AvgIpc) is 3.00. The largest absolute Gasteiger partial charge is 0.494 e. The van der Waals surface area contributed by atoms with E-state index in [0.29, 0.717) is 31.2 Å². The number of urea groups is 1. The molecule has 2 aromatic rings. The Balaban J connectivity index is 1.49. The molecule has 0 radical (unpaired) electrons. The number of piperazine rings is 1. The first kappa shape index (κ1) is 17.2. The van der Waals surface area contributed by atoms with Gasteiger partial charge < -0.3 is 14.2 Å². The van der Waals surface area contributed by atoms with E-state index in [1.165, 1.54) is 13.2 Å². The van der Waals surface area contributed by atoms with Crippen LogP contribution in [0.15, 0.2) is 28.8 Å². The Hall–Kier alpha value is -2.61. The number of anilines is 1. The molecule has 2 heterocycles. The normalized spacial score (nSPS) is 15.2. The van der Waals surface area contributed by atoms with Crippen molar-refractivity contribution in [2.45, 2.75) is 13.5 Å². The fourth-order valence-electron chi connectivity index (χ4n) is 2.79. The average molecular weight is 348 g/mol. The minimum atomic E-state index is -0.360. The van der Waals surface area contributed by atoms with E-state index in [1.807, 2.05) is 6.07 Å². The first-order valence-corrected chi connectivity index (χ1v) is 8.09. The Morgan fingerprint density at radius 1 is 1.32 bits per heavy atom. The number of rotatable bonds is 4. The molecule has 8 heteroatoms. The molecule has 0 saturated carbocycles. The lowest BCUT2D eigenvalue weighted by Crippen LogP contribution is -2.49. The maximum Gasteiger partial charge on any atom is 0.323 e. The summed E-state index contributed by atoms with van der Waals surface area (Å²) in [6.45, 7) is 5.04. The predicted octanol–water partition coefficient (Wildman–Crippen LogP) is 2.48. The van der Waals surface area contributed by atoms with Crippen LogP contribution in [0.1, 0.15) is 11.3 Å². The van der Waals surface area contributed by atoms with Gasteiger partial charge in [0.2, 0.25) is 0 Å². The van der Waals surface area contributed by atoms with Crippen LogP contribution in [0.3, 0.4) is 0 Å². The summed E-state index contributed by atoms with van der Waals surface area (Å²) in [7, 11) is 1.45. The number of ether oxygens (including phenoxy) is 1. The van der Waals surface area contributed by atoms with Crippen LogP contribution in [0.2, 0.25) is 0 Å². The zero-order valence-electron chi connectivity index (χ0n) is 14.3. The van der Waals surface area contributed by atoms with Crippen LogP contribution in [0.25, 0.3) is 0 Å². The topological polar surface area (TPSA) is 70.8 Å². The quantitative estimate of drug-likeness (QED) is 0.919. The van der Waals surface area contributed by atoms with Gasteiger partial charge in [-0.05, 0) is 24.6 Å². The van der Waals surface area contributed by atoms with Crippen LogP contribution in [-0.2, 0) is 6.54 Å². The smallest absolute Gasteiger partial charge is 0.323 e. The number of halogens is 1. The zero-order chi connectivity index (χ0) is 17.8. The van der Waals surface area contributed by atoms with E-state index in [0.717, 1.165) is 18.7 Å². The third kappa shape index (κ3) is 4.27. The number of carbonyl (C=O) groups excluding carboxylic acids is 1. The van der Waals surface area contributed by atoms with Crippen LogP contribution in [0.4, 0.5) is 15.0 Å². The van der Waals surface area contributed by atoms with Gasteiger partial charge in [0, 0.05) is 38.8 Å². The van der Waals surface area contributed by atoms with Gasteiger partial charge >= 0.3 is 6.03 Å². The van der Waals surface area contributed by atoms with Crippen molar-refractivity contribution in [3.8, 4) is 5.75 Å². The molecule has 1 aromatic heterocycles. The highest BCUT2D eigenvalue weighted by Crippen LogP contribution is 2.19. The lowest BCUT2D eigenvalue weighted by atomic mass is 10.2. The summed E-state index contributed by atoms with van der Waals surface area (Å²) in [5.74, 6) is 0.944. The number of benzene rings is 1. The Morgan fingerprint density at radius 2 is 2.08 bits per heavy atom. The molecule has 1 aromatic carbocycles. The summed E-state index contributed by atoms with van der Waals surface area (Å²) in [6.07, 6.45) is 0. The third-order valence-corrected chi connectivity index (χ3v) is 4.14. The van der Waals surface area contributed by atoms with Gasteiger partial charge in [0.05, 0.1) is 7.11 Å². The van der Waals surface area contributed by atoms with Gasteiger partial charge in [0.15, 0.2) is 17.4 Å². The van der Waals surface area contributed by atoms with Gasteiger partial charge in [-0.25, -0.2) is 9.18 Å². The Morgan fingerprint density at radius 3 is 2.68 bits per heavy atom. The molecule has 0 unspecified atom stereocenters. The third-order valence-electron chi connectivity index (χ3n) is 4.14. The van der Waals surface area contributed by atoms with Crippen molar-refractivity contribution >= 4 is 11.8 Å². The van der Waals surface area contributed by atoms with E-state index in [1.54, 1.807) is 24.0 Å². The fraction of sp³-hybridized carbons (Fsp3) is 0.412. The van der Waals surface area contributed by atoms with Crippen molar-refractivity contribution in [3.05, 3.63) is 41.4 Å². The Kier molecular flexibility index (Phi) is 5.18. The second-order valence-corrected chi connectivity index (χ2v) is 5.99.